The molecule has 2 atom stereocenters. The van der Waals surface area contributed by atoms with Crippen LogP contribution in [0, 0.1) is 0 Å². The van der Waals surface area contributed by atoms with Gasteiger partial charge in [-0.1, -0.05) is 0 Å². The molecule has 0 amide bonds. The highest BCUT2D eigenvalue weighted by Crippen LogP contribution is 2.24. The second kappa shape index (κ2) is 6.04. The minimum Gasteiger partial charge on any atom is -0.790 e. The lowest BCUT2D eigenvalue weighted by atomic mass is 10.1. The van der Waals surface area contributed by atoms with Gasteiger partial charge in [0, 0.05) is 6.42 Å². The highest BCUT2D eigenvalue weighted by atomic mass is 31.2. The fourth-order valence-corrected chi connectivity index (χ4v) is 1.02. The van der Waals surface area contributed by atoms with Crippen LogP contribution >= 0.6 is 7.82 Å². The Balaban J connectivity index is 4.09. The molecular formula is C6H8O9P-3. The van der Waals surface area contributed by atoms with E-state index in [1.54, 1.807) is 0 Å². The van der Waals surface area contributed by atoms with Crippen LogP contribution in [0.25, 0.3) is 0 Å². The highest BCUT2D eigenvalue weighted by molar-refractivity contribution is 7.43. The molecule has 0 unspecified atom stereocenters. The van der Waals surface area contributed by atoms with Crippen LogP contribution in [0.4, 0.5) is 0 Å². The van der Waals surface area contributed by atoms with Crippen LogP contribution in [0.2, 0.25) is 0 Å². The number of aliphatic hydroxyl groups excluding tert-OH is 2. The predicted molar refractivity (Wildman–Crippen MR) is 40.2 cm³/mol. The van der Waals surface area contributed by atoms with Crippen LogP contribution in [0.5, 0.6) is 0 Å². The van der Waals surface area contributed by atoms with E-state index in [-0.39, 0.29) is 0 Å². The first-order valence-corrected chi connectivity index (χ1v) is 5.36. The number of carbonyl (C=O) groups is 2. The maximum atomic E-state index is 10.5. The summed E-state index contributed by atoms with van der Waals surface area (Å²) in [6.45, 7) is -1.06. The van der Waals surface area contributed by atoms with Crippen molar-refractivity contribution in [1.29, 1.82) is 0 Å². The molecule has 10 heteroatoms. The van der Waals surface area contributed by atoms with Crippen molar-refractivity contribution in [2.45, 2.75) is 18.6 Å². The normalized spacial score (nSPS) is 15.5. The van der Waals surface area contributed by atoms with E-state index < -0.39 is 44.8 Å². The molecular weight excluding hydrogens is 247 g/mol. The van der Waals surface area contributed by atoms with Gasteiger partial charge in [-0.25, -0.2) is 0 Å². The molecule has 0 aromatic rings. The molecule has 0 fully saturated rings. The van der Waals surface area contributed by atoms with Crippen LogP contribution in [0.1, 0.15) is 6.42 Å². The van der Waals surface area contributed by atoms with Gasteiger partial charge in [0.05, 0.1) is 20.5 Å². The van der Waals surface area contributed by atoms with Gasteiger partial charge in [0.15, 0.2) is 5.78 Å². The number of hydrogen-bond acceptors (Lipinski definition) is 9. The first kappa shape index (κ1) is 15.2. The summed E-state index contributed by atoms with van der Waals surface area (Å²) in [7, 11) is -5.30. The van der Waals surface area contributed by atoms with Crippen LogP contribution < -0.4 is 14.9 Å². The van der Waals surface area contributed by atoms with Gasteiger partial charge in [-0.3, -0.25) is 4.79 Å². The largest absolute Gasteiger partial charge is 0.790 e. The lowest BCUT2D eigenvalue weighted by Crippen LogP contribution is -2.39. The number of ketones is 1. The Bertz CT molecular complexity index is 307. The molecule has 16 heavy (non-hydrogen) atoms. The average Bonchev–Trinajstić information content (AvgIpc) is 2.12. The maximum Gasteiger partial charge on any atom is 0.180 e. The number of Topliss-reactive ketones (excluding diaryl/α,β-unsaturated/α-hetero) is 1. The number of aliphatic hydroxyl groups is 2. The van der Waals surface area contributed by atoms with Gasteiger partial charge < -0.3 is 39.0 Å². The zero-order valence-corrected chi connectivity index (χ0v) is 8.66. The second-order valence-electron chi connectivity index (χ2n) is 2.79. The maximum absolute atomic E-state index is 10.5. The quantitative estimate of drug-likeness (QED) is 0.334. The Morgan fingerprint density at radius 2 is 1.75 bits per heavy atom. The van der Waals surface area contributed by atoms with Crippen LogP contribution in [0.15, 0.2) is 0 Å². The smallest absolute Gasteiger partial charge is 0.180 e. The lowest BCUT2D eigenvalue weighted by Gasteiger charge is -2.30. The Morgan fingerprint density at radius 3 is 2.12 bits per heavy atom. The van der Waals surface area contributed by atoms with E-state index >= 15 is 0 Å². The summed E-state index contributed by atoms with van der Waals surface area (Å²) in [5.74, 6) is -3.52. The van der Waals surface area contributed by atoms with Crippen molar-refractivity contribution in [2.75, 3.05) is 6.61 Å². The summed E-state index contributed by atoms with van der Waals surface area (Å²) in [4.78, 5) is 40.4. The molecule has 2 N–H and O–H groups in total. The molecule has 0 bridgehead atoms. The number of aliphatic carboxylic acids is 1. The van der Waals surface area contributed by atoms with Crippen molar-refractivity contribution in [1.82, 2.24) is 0 Å². The molecule has 0 aromatic heterocycles. The van der Waals surface area contributed by atoms with Crippen LogP contribution in [-0.4, -0.2) is 40.8 Å². The Morgan fingerprint density at radius 1 is 1.25 bits per heavy atom. The lowest BCUT2D eigenvalue weighted by molar-refractivity contribution is -0.343. The molecule has 0 aliphatic carbocycles. The molecule has 94 valence electrons. The minimum absolute atomic E-state index is 0.977. The number of carboxylic acids is 1. The monoisotopic (exact) mass is 255 g/mol. The summed E-state index contributed by atoms with van der Waals surface area (Å²) in [5, 5.41) is 27.9. The van der Waals surface area contributed by atoms with Crippen molar-refractivity contribution in [3.05, 3.63) is 0 Å². The third-order valence-electron chi connectivity index (χ3n) is 1.47. The summed E-state index contributed by atoms with van der Waals surface area (Å²) in [5.41, 5.74) is 0. The summed E-state index contributed by atoms with van der Waals surface area (Å²) in [6.07, 6.45) is -4.72. The topological polar surface area (TPSA) is 170 Å². The predicted octanol–water partition coefficient (Wildman–Crippen LogP) is -4.74. The van der Waals surface area contributed by atoms with Gasteiger partial charge in [-0.05, 0) is 0 Å². The highest BCUT2D eigenvalue weighted by Gasteiger charge is 2.20. The molecule has 0 aliphatic heterocycles. The van der Waals surface area contributed by atoms with E-state index in [1.807, 2.05) is 0 Å². The molecule has 0 saturated heterocycles. The fourth-order valence-electron chi connectivity index (χ4n) is 0.688. The van der Waals surface area contributed by atoms with Crippen molar-refractivity contribution >= 4 is 19.6 Å². The van der Waals surface area contributed by atoms with Crippen molar-refractivity contribution in [3.8, 4) is 0 Å². The van der Waals surface area contributed by atoms with E-state index in [0.29, 0.717) is 0 Å². The van der Waals surface area contributed by atoms with Gasteiger partial charge in [0.2, 0.25) is 0 Å². The average molecular weight is 255 g/mol. The number of carboxylic acid groups (broad SMARTS) is 1. The standard InChI is InChI=1S/C6H11O9P/c7-3(1-4(8)6(10)11)5(9)2-15-16(12,13)14/h3,5,7,9H,1-2H2,(H,10,11)(H2,12,13,14)/p-3/t3-,5+/m0/s1. The van der Waals surface area contributed by atoms with E-state index in [0.717, 1.165) is 0 Å². The number of rotatable bonds is 7. The SMILES string of the molecule is O=C([O-])C(=O)C[C@H](O)[C@H](O)COP(=O)([O-])[O-]. The summed E-state index contributed by atoms with van der Waals surface area (Å²) >= 11 is 0. The molecule has 0 aromatic carbocycles. The van der Waals surface area contributed by atoms with Gasteiger partial charge >= 0.3 is 0 Å². The van der Waals surface area contributed by atoms with Crippen LogP contribution in [0.3, 0.4) is 0 Å². The number of phosphoric ester groups is 1. The van der Waals surface area contributed by atoms with Crippen molar-refractivity contribution in [3.63, 3.8) is 0 Å². The third-order valence-corrected chi connectivity index (χ3v) is 1.94. The number of hydrogen-bond donors (Lipinski definition) is 2. The Labute approximate surface area is 89.5 Å². The first-order valence-electron chi connectivity index (χ1n) is 3.90. The van der Waals surface area contributed by atoms with Gasteiger partial charge in [-0.15, -0.1) is 0 Å². The van der Waals surface area contributed by atoms with E-state index in [4.69, 9.17) is 10.2 Å². The number of carbonyl (C=O) groups excluding carboxylic acids is 2. The summed E-state index contributed by atoms with van der Waals surface area (Å²) < 4.78 is 13.6. The molecule has 0 spiro atoms. The zero-order chi connectivity index (χ0) is 12.9. The minimum atomic E-state index is -5.30. The van der Waals surface area contributed by atoms with Crippen molar-refractivity contribution in [2.24, 2.45) is 0 Å². The fraction of sp³-hybridized carbons (Fsp3) is 0.667. The molecule has 0 aliphatic rings. The van der Waals surface area contributed by atoms with E-state index in [1.165, 1.54) is 0 Å². The molecule has 0 rings (SSSR count). The third kappa shape index (κ3) is 6.62. The van der Waals surface area contributed by atoms with Gasteiger partial charge in [0.25, 0.3) is 0 Å². The zero-order valence-electron chi connectivity index (χ0n) is 7.77. The molecule has 0 radical (unpaired) electrons. The number of phosphoric acid groups is 1. The van der Waals surface area contributed by atoms with Crippen molar-refractivity contribution < 1.29 is 43.8 Å². The van der Waals surface area contributed by atoms with Crippen LogP contribution in [-0.2, 0) is 18.7 Å². The first-order chi connectivity index (χ1) is 7.13. The molecule has 9 nitrogen and oxygen atoms in total. The molecule has 0 saturated carbocycles. The summed E-state index contributed by atoms with van der Waals surface area (Å²) in [6, 6.07) is 0. The Kier molecular flexibility index (Phi) is 5.73. The van der Waals surface area contributed by atoms with E-state index in [9.17, 15) is 29.0 Å². The molecule has 0 heterocycles. The van der Waals surface area contributed by atoms with Gasteiger partial charge in [0.1, 0.15) is 12.1 Å². The van der Waals surface area contributed by atoms with E-state index in [2.05, 4.69) is 4.52 Å². The Hall–Kier alpha value is -0.830. The second-order valence-corrected chi connectivity index (χ2v) is 3.95. The van der Waals surface area contributed by atoms with Gasteiger partial charge in [-0.2, -0.15) is 0 Å².